The molecule has 0 bridgehead atoms. The van der Waals surface area contributed by atoms with Gasteiger partial charge in [0.2, 0.25) is 0 Å². The molecule has 142 valence electrons. The number of nitrogens with zero attached hydrogens (tertiary/aromatic N) is 3. The highest BCUT2D eigenvalue weighted by Crippen LogP contribution is 2.27. The summed E-state index contributed by atoms with van der Waals surface area (Å²) in [6, 6.07) is 22.5. The molecule has 0 saturated heterocycles. The smallest absolute Gasteiger partial charge is 0.162 e. The van der Waals surface area contributed by atoms with Crippen molar-refractivity contribution < 1.29 is 0 Å². The molecule has 5 rings (SSSR count). The number of fused-ring (bicyclic) bond motifs is 2. The van der Waals surface area contributed by atoms with Gasteiger partial charge < -0.3 is 5.32 Å². The predicted octanol–water partition coefficient (Wildman–Crippen LogP) is 4.27. The van der Waals surface area contributed by atoms with Crippen LogP contribution in [0.5, 0.6) is 0 Å². The number of hydrogen-bond donors (Lipinski definition) is 1. The predicted molar refractivity (Wildman–Crippen MR) is 118 cm³/mol. The fourth-order valence-corrected chi connectivity index (χ4v) is 3.98. The minimum Gasteiger partial charge on any atom is -0.341 e. The minimum absolute atomic E-state index is 0.727. The van der Waals surface area contributed by atoms with Gasteiger partial charge in [-0.05, 0) is 37.5 Å². The Morgan fingerprint density at radius 1 is 0.862 bits per heavy atom. The van der Waals surface area contributed by atoms with Crippen molar-refractivity contribution in [3.63, 3.8) is 0 Å². The van der Waals surface area contributed by atoms with Crippen LogP contribution in [0.25, 0.3) is 33.6 Å². The third kappa shape index (κ3) is 3.27. The highest BCUT2D eigenvalue weighted by atomic mass is 15.0. The van der Waals surface area contributed by atoms with Crippen LogP contribution in [0.4, 0.5) is 5.82 Å². The van der Waals surface area contributed by atoms with Gasteiger partial charge in [-0.25, -0.2) is 9.97 Å². The molecular formula is C25H22N4. The Hall–Kier alpha value is -3.53. The summed E-state index contributed by atoms with van der Waals surface area (Å²) in [6.45, 7) is 2.22. The van der Waals surface area contributed by atoms with E-state index in [0.29, 0.717) is 0 Å². The molecule has 1 N–H and O–H groups in total. The normalized spacial score (nSPS) is 13.4. The molecule has 0 atom stereocenters. The van der Waals surface area contributed by atoms with Gasteiger partial charge in [0.05, 0.1) is 10.9 Å². The minimum atomic E-state index is 0.727. The van der Waals surface area contributed by atoms with Gasteiger partial charge >= 0.3 is 0 Å². The Bertz CT molecular complexity index is 1310. The van der Waals surface area contributed by atoms with Crippen LogP contribution in [0.3, 0.4) is 0 Å². The van der Waals surface area contributed by atoms with Crippen LogP contribution in [0.15, 0.2) is 72.9 Å². The Kier molecular flexibility index (Phi) is 4.53. The zero-order valence-corrected chi connectivity index (χ0v) is 16.4. The third-order valence-electron chi connectivity index (χ3n) is 5.48. The van der Waals surface area contributed by atoms with E-state index in [9.17, 15) is 0 Å². The second-order valence-electron chi connectivity index (χ2n) is 7.24. The summed E-state index contributed by atoms with van der Waals surface area (Å²) in [4.78, 5) is 14.4. The SMILES string of the molecule is CCC1=c2cccnc2=C(Nc2nc(-c3ccccc3)nc3ccccc23)CC1. The van der Waals surface area contributed by atoms with Crippen molar-refractivity contribution in [2.75, 3.05) is 5.32 Å². The van der Waals surface area contributed by atoms with Gasteiger partial charge in [-0.2, -0.15) is 0 Å². The van der Waals surface area contributed by atoms with Gasteiger partial charge in [0.1, 0.15) is 5.82 Å². The van der Waals surface area contributed by atoms with Crippen LogP contribution < -0.4 is 15.9 Å². The van der Waals surface area contributed by atoms with Crippen LogP contribution >= 0.6 is 0 Å². The molecule has 0 spiro atoms. The molecule has 0 fully saturated rings. The maximum atomic E-state index is 4.90. The van der Waals surface area contributed by atoms with Gasteiger partial charge in [0.15, 0.2) is 5.82 Å². The van der Waals surface area contributed by atoms with Crippen LogP contribution in [0.2, 0.25) is 0 Å². The zero-order valence-electron chi connectivity index (χ0n) is 16.4. The topological polar surface area (TPSA) is 50.7 Å². The molecule has 1 aliphatic rings. The first-order chi connectivity index (χ1) is 14.3. The fourth-order valence-electron chi connectivity index (χ4n) is 3.98. The van der Waals surface area contributed by atoms with Crippen molar-refractivity contribution in [2.45, 2.75) is 26.2 Å². The van der Waals surface area contributed by atoms with Gasteiger partial charge in [0.25, 0.3) is 0 Å². The monoisotopic (exact) mass is 378 g/mol. The summed E-state index contributed by atoms with van der Waals surface area (Å²) in [5.41, 5.74) is 4.54. The number of rotatable bonds is 4. The number of hydrogen-bond acceptors (Lipinski definition) is 4. The maximum Gasteiger partial charge on any atom is 0.162 e. The van der Waals surface area contributed by atoms with Crippen molar-refractivity contribution in [3.05, 3.63) is 83.5 Å². The van der Waals surface area contributed by atoms with Crippen molar-refractivity contribution in [2.24, 2.45) is 0 Å². The second-order valence-corrected chi connectivity index (χ2v) is 7.24. The lowest BCUT2D eigenvalue weighted by Crippen LogP contribution is -2.36. The summed E-state index contributed by atoms with van der Waals surface area (Å²) in [5, 5.41) is 6.94. The standard InChI is InChI=1S/C25H22N4/c1-2-17-14-15-22(23-19(17)12-8-16-26-23)28-25-20-11-6-7-13-21(20)27-24(29-25)18-9-4-3-5-10-18/h3-13,16H,2,14-15H2,1H3,(H,27,28,29). The molecule has 0 saturated carbocycles. The van der Waals surface area contributed by atoms with Gasteiger partial charge in [-0.3, -0.25) is 4.98 Å². The van der Waals surface area contributed by atoms with Gasteiger partial charge in [-0.1, -0.05) is 61.0 Å². The average molecular weight is 378 g/mol. The van der Waals surface area contributed by atoms with E-state index in [1.165, 1.54) is 10.8 Å². The molecule has 2 aromatic heterocycles. The molecular weight excluding hydrogens is 356 g/mol. The Labute approximate surface area is 169 Å². The summed E-state index contributed by atoms with van der Waals surface area (Å²) < 4.78 is 0. The van der Waals surface area contributed by atoms with E-state index < -0.39 is 0 Å². The molecule has 0 unspecified atom stereocenters. The molecule has 4 heteroatoms. The highest BCUT2D eigenvalue weighted by molar-refractivity contribution is 5.93. The van der Waals surface area contributed by atoms with E-state index in [2.05, 4.69) is 24.4 Å². The molecule has 2 heterocycles. The summed E-state index contributed by atoms with van der Waals surface area (Å²) >= 11 is 0. The van der Waals surface area contributed by atoms with Crippen LogP contribution in [-0.2, 0) is 0 Å². The molecule has 0 amide bonds. The van der Waals surface area contributed by atoms with E-state index in [4.69, 9.17) is 15.0 Å². The van der Waals surface area contributed by atoms with Gasteiger partial charge in [0, 0.05) is 28.1 Å². The van der Waals surface area contributed by atoms with Crippen molar-refractivity contribution in [1.82, 2.24) is 15.0 Å². The number of aromatic nitrogens is 3. The maximum absolute atomic E-state index is 4.90. The molecule has 4 nitrogen and oxygen atoms in total. The van der Waals surface area contributed by atoms with E-state index in [1.807, 2.05) is 60.8 Å². The number of benzene rings is 2. The van der Waals surface area contributed by atoms with Crippen molar-refractivity contribution in [1.29, 1.82) is 0 Å². The summed E-state index contributed by atoms with van der Waals surface area (Å²) in [5.74, 6) is 1.56. The van der Waals surface area contributed by atoms with Crippen molar-refractivity contribution >= 4 is 28.0 Å². The van der Waals surface area contributed by atoms with Crippen LogP contribution in [0.1, 0.15) is 26.2 Å². The first kappa shape index (κ1) is 17.6. The van der Waals surface area contributed by atoms with Crippen LogP contribution in [-0.4, -0.2) is 15.0 Å². The molecule has 0 aliphatic heterocycles. The third-order valence-corrected chi connectivity index (χ3v) is 5.48. The lowest BCUT2D eigenvalue weighted by Gasteiger charge is -2.18. The fraction of sp³-hybridized carbons (Fsp3) is 0.160. The van der Waals surface area contributed by atoms with Crippen molar-refractivity contribution in [3.8, 4) is 11.4 Å². The second kappa shape index (κ2) is 7.47. The van der Waals surface area contributed by atoms with E-state index in [0.717, 1.165) is 58.4 Å². The number of anilines is 1. The molecule has 0 radical (unpaired) electrons. The zero-order chi connectivity index (χ0) is 19.6. The highest BCUT2D eigenvalue weighted by Gasteiger charge is 2.15. The largest absolute Gasteiger partial charge is 0.341 e. The summed E-state index contributed by atoms with van der Waals surface area (Å²) in [6.07, 6.45) is 4.91. The van der Waals surface area contributed by atoms with Gasteiger partial charge in [-0.15, -0.1) is 0 Å². The number of para-hydroxylation sites is 1. The molecule has 2 aromatic carbocycles. The Morgan fingerprint density at radius 2 is 1.69 bits per heavy atom. The van der Waals surface area contributed by atoms with E-state index >= 15 is 0 Å². The lowest BCUT2D eigenvalue weighted by molar-refractivity contribution is 0.956. The quantitative estimate of drug-likeness (QED) is 0.576. The Morgan fingerprint density at radius 3 is 2.55 bits per heavy atom. The number of pyridine rings is 1. The number of nitrogens with one attached hydrogen (secondary N) is 1. The van der Waals surface area contributed by atoms with E-state index in [1.54, 1.807) is 0 Å². The molecule has 29 heavy (non-hydrogen) atoms. The Balaban J connectivity index is 1.71. The summed E-state index contributed by atoms with van der Waals surface area (Å²) in [7, 11) is 0. The lowest BCUT2D eigenvalue weighted by atomic mass is 9.98. The van der Waals surface area contributed by atoms with Crippen LogP contribution in [0, 0.1) is 0 Å². The first-order valence-corrected chi connectivity index (χ1v) is 10.1. The van der Waals surface area contributed by atoms with E-state index in [-0.39, 0.29) is 0 Å². The molecule has 4 aromatic rings. The average Bonchev–Trinajstić information content (AvgIpc) is 2.80. The first-order valence-electron chi connectivity index (χ1n) is 10.1. The molecule has 1 aliphatic carbocycles.